The van der Waals surface area contributed by atoms with Crippen molar-refractivity contribution in [1.29, 1.82) is 0 Å². The van der Waals surface area contributed by atoms with Crippen LogP contribution in [-0.2, 0) is 6.42 Å². The van der Waals surface area contributed by atoms with Crippen molar-refractivity contribution in [1.82, 2.24) is 15.3 Å². The Bertz CT molecular complexity index is 597. The first-order valence-electron chi connectivity index (χ1n) is 7.44. The second-order valence-electron chi connectivity index (χ2n) is 5.51. The number of carbonyl (C=O) groups is 1. The maximum Gasteiger partial charge on any atom is 0.270 e. The summed E-state index contributed by atoms with van der Waals surface area (Å²) in [6.45, 7) is 5.41. The Morgan fingerprint density at radius 1 is 1.45 bits per heavy atom. The molecule has 0 radical (unpaired) electrons. The highest BCUT2D eigenvalue weighted by Gasteiger charge is 2.18. The SMILES string of the molecule is CC(C)C(CNC(=O)c1csc(CCN)n1)c1cccnc1. The second-order valence-corrected chi connectivity index (χ2v) is 6.45. The standard InChI is InChI=1S/C16H22N4OS/c1-11(2)13(12-4-3-7-18-8-12)9-19-16(21)14-10-22-15(20-14)5-6-17/h3-4,7-8,10-11,13H,5-6,9,17H2,1-2H3,(H,19,21). The fourth-order valence-electron chi connectivity index (χ4n) is 2.28. The lowest BCUT2D eigenvalue weighted by Gasteiger charge is -2.21. The minimum absolute atomic E-state index is 0.130. The van der Waals surface area contributed by atoms with Gasteiger partial charge in [0.15, 0.2) is 0 Å². The molecule has 2 aromatic heterocycles. The third kappa shape index (κ3) is 4.35. The Morgan fingerprint density at radius 2 is 2.27 bits per heavy atom. The summed E-state index contributed by atoms with van der Waals surface area (Å²) < 4.78 is 0. The van der Waals surface area contributed by atoms with Gasteiger partial charge in [-0.2, -0.15) is 0 Å². The summed E-state index contributed by atoms with van der Waals surface area (Å²) >= 11 is 1.48. The molecule has 2 aromatic rings. The Morgan fingerprint density at radius 3 is 2.91 bits per heavy atom. The van der Waals surface area contributed by atoms with E-state index < -0.39 is 0 Å². The van der Waals surface area contributed by atoms with Gasteiger partial charge in [0.1, 0.15) is 5.69 Å². The van der Waals surface area contributed by atoms with Crippen LogP contribution in [0.15, 0.2) is 29.9 Å². The maximum atomic E-state index is 12.2. The molecule has 0 spiro atoms. The van der Waals surface area contributed by atoms with E-state index in [9.17, 15) is 4.79 Å². The number of nitrogens with zero attached hydrogens (tertiary/aromatic N) is 2. The van der Waals surface area contributed by atoms with E-state index in [0.717, 1.165) is 10.6 Å². The summed E-state index contributed by atoms with van der Waals surface area (Å²) in [7, 11) is 0. The molecule has 0 fully saturated rings. The van der Waals surface area contributed by atoms with Crippen LogP contribution in [0.4, 0.5) is 0 Å². The van der Waals surface area contributed by atoms with Gasteiger partial charge in [-0.1, -0.05) is 19.9 Å². The van der Waals surface area contributed by atoms with Crippen LogP contribution >= 0.6 is 11.3 Å². The van der Waals surface area contributed by atoms with Gasteiger partial charge < -0.3 is 11.1 Å². The maximum absolute atomic E-state index is 12.2. The zero-order valence-corrected chi connectivity index (χ0v) is 13.8. The number of thiazole rings is 1. The van der Waals surface area contributed by atoms with Crippen molar-refractivity contribution in [3.8, 4) is 0 Å². The molecule has 1 atom stereocenters. The van der Waals surface area contributed by atoms with Crippen LogP contribution in [0, 0.1) is 5.92 Å². The van der Waals surface area contributed by atoms with E-state index in [1.165, 1.54) is 11.3 Å². The minimum Gasteiger partial charge on any atom is -0.350 e. The number of hydrogen-bond donors (Lipinski definition) is 2. The topological polar surface area (TPSA) is 80.9 Å². The summed E-state index contributed by atoms with van der Waals surface area (Å²) in [6, 6.07) is 3.97. The van der Waals surface area contributed by atoms with Crippen molar-refractivity contribution >= 4 is 17.2 Å². The van der Waals surface area contributed by atoms with E-state index >= 15 is 0 Å². The Hall–Kier alpha value is -1.79. The highest BCUT2D eigenvalue weighted by molar-refractivity contribution is 7.09. The van der Waals surface area contributed by atoms with Crippen LogP contribution in [0.1, 0.15) is 40.8 Å². The molecule has 1 amide bonds. The van der Waals surface area contributed by atoms with Gasteiger partial charge in [-0.05, 0) is 24.1 Å². The normalized spacial score (nSPS) is 12.4. The molecular weight excluding hydrogens is 296 g/mol. The average Bonchev–Trinajstić information content (AvgIpc) is 2.97. The average molecular weight is 318 g/mol. The molecule has 0 saturated heterocycles. The largest absolute Gasteiger partial charge is 0.350 e. The van der Waals surface area contributed by atoms with Crippen LogP contribution < -0.4 is 11.1 Å². The number of pyridine rings is 1. The van der Waals surface area contributed by atoms with Crippen molar-refractivity contribution in [2.24, 2.45) is 11.7 Å². The fourth-order valence-corrected chi connectivity index (χ4v) is 3.07. The van der Waals surface area contributed by atoms with Gasteiger partial charge in [-0.25, -0.2) is 4.98 Å². The molecule has 0 aliphatic rings. The van der Waals surface area contributed by atoms with E-state index in [1.807, 2.05) is 18.3 Å². The summed E-state index contributed by atoms with van der Waals surface area (Å²) in [4.78, 5) is 20.7. The smallest absolute Gasteiger partial charge is 0.270 e. The highest BCUT2D eigenvalue weighted by Crippen LogP contribution is 2.22. The first-order valence-corrected chi connectivity index (χ1v) is 8.32. The summed E-state index contributed by atoms with van der Waals surface area (Å²) in [5, 5.41) is 5.67. The van der Waals surface area contributed by atoms with Gasteiger partial charge in [0.25, 0.3) is 5.91 Å². The number of nitrogens with one attached hydrogen (secondary N) is 1. The van der Waals surface area contributed by atoms with Crippen molar-refractivity contribution in [2.75, 3.05) is 13.1 Å². The number of hydrogen-bond acceptors (Lipinski definition) is 5. The molecule has 22 heavy (non-hydrogen) atoms. The highest BCUT2D eigenvalue weighted by atomic mass is 32.1. The van der Waals surface area contributed by atoms with Gasteiger partial charge in [-0.15, -0.1) is 11.3 Å². The molecule has 0 bridgehead atoms. The number of amides is 1. The lowest BCUT2D eigenvalue weighted by Crippen LogP contribution is -2.30. The van der Waals surface area contributed by atoms with Crippen LogP contribution in [-0.4, -0.2) is 29.0 Å². The predicted octanol–water partition coefficient (Wildman–Crippen LogP) is 2.21. The van der Waals surface area contributed by atoms with E-state index in [1.54, 1.807) is 11.6 Å². The van der Waals surface area contributed by atoms with Crippen molar-refractivity contribution < 1.29 is 4.79 Å². The quantitative estimate of drug-likeness (QED) is 0.820. The number of carbonyl (C=O) groups excluding carboxylic acids is 1. The van der Waals surface area contributed by atoms with Crippen LogP contribution in [0.2, 0.25) is 0 Å². The monoisotopic (exact) mass is 318 g/mol. The van der Waals surface area contributed by atoms with Gasteiger partial charge in [0.2, 0.25) is 0 Å². The lowest BCUT2D eigenvalue weighted by molar-refractivity contribution is 0.0944. The lowest BCUT2D eigenvalue weighted by atomic mass is 9.89. The van der Waals surface area contributed by atoms with E-state index in [0.29, 0.717) is 31.1 Å². The van der Waals surface area contributed by atoms with Crippen LogP contribution in [0.3, 0.4) is 0 Å². The Labute approximate surface area is 135 Å². The minimum atomic E-state index is -0.130. The molecule has 0 saturated carbocycles. The first-order chi connectivity index (χ1) is 10.6. The molecule has 3 N–H and O–H groups in total. The fraction of sp³-hybridized carbons (Fsp3) is 0.438. The van der Waals surface area contributed by atoms with E-state index in [4.69, 9.17) is 5.73 Å². The first kappa shape index (κ1) is 16.6. The molecule has 1 unspecified atom stereocenters. The van der Waals surface area contributed by atoms with Crippen LogP contribution in [0.25, 0.3) is 0 Å². The number of aromatic nitrogens is 2. The molecule has 0 aliphatic heterocycles. The van der Waals surface area contributed by atoms with Gasteiger partial charge >= 0.3 is 0 Å². The second kappa shape index (κ2) is 8.00. The summed E-state index contributed by atoms with van der Waals surface area (Å²) in [5.41, 5.74) is 7.12. The van der Waals surface area contributed by atoms with Crippen LogP contribution in [0.5, 0.6) is 0 Å². The third-order valence-corrected chi connectivity index (χ3v) is 4.45. The molecule has 6 heteroatoms. The predicted molar refractivity (Wildman–Crippen MR) is 89.0 cm³/mol. The van der Waals surface area contributed by atoms with Gasteiger partial charge in [-0.3, -0.25) is 9.78 Å². The van der Waals surface area contributed by atoms with Gasteiger partial charge in [0.05, 0.1) is 5.01 Å². The molecule has 0 aromatic carbocycles. The van der Waals surface area contributed by atoms with E-state index in [2.05, 4.69) is 29.1 Å². The Kier molecular flexibility index (Phi) is 6.03. The zero-order valence-electron chi connectivity index (χ0n) is 13.0. The summed E-state index contributed by atoms with van der Waals surface area (Å²) in [6.07, 6.45) is 4.33. The van der Waals surface area contributed by atoms with E-state index in [-0.39, 0.29) is 11.8 Å². The van der Waals surface area contributed by atoms with Crippen molar-refractivity contribution in [2.45, 2.75) is 26.2 Å². The molecule has 118 valence electrons. The molecule has 0 aliphatic carbocycles. The van der Waals surface area contributed by atoms with Crippen molar-refractivity contribution in [3.63, 3.8) is 0 Å². The Balaban J connectivity index is 1.98. The zero-order chi connectivity index (χ0) is 15.9. The number of rotatable bonds is 7. The molecule has 2 rings (SSSR count). The van der Waals surface area contributed by atoms with Gasteiger partial charge in [0, 0.05) is 36.7 Å². The molecule has 2 heterocycles. The third-order valence-electron chi connectivity index (χ3n) is 3.54. The summed E-state index contributed by atoms with van der Waals surface area (Å²) in [5.74, 6) is 0.515. The molecular formula is C16H22N4OS. The number of nitrogens with two attached hydrogens (primary N) is 1. The molecule has 5 nitrogen and oxygen atoms in total. The van der Waals surface area contributed by atoms with Crippen molar-refractivity contribution in [3.05, 3.63) is 46.2 Å².